The number of anilines is 1. The molecule has 1 fully saturated rings. The Morgan fingerprint density at radius 1 is 1.06 bits per heavy atom. The molecular weight excluding hydrogens is 478 g/mol. The van der Waals surface area contributed by atoms with Gasteiger partial charge in [-0.05, 0) is 56.0 Å². The second-order valence-electron chi connectivity index (χ2n) is 9.39. The number of hydrogen-bond acceptors (Lipinski definition) is 5. The summed E-state index contributed by atoms with van der Waals surface area (Å²) in [4.78, 5) is 28.5. The lowest BCUT2D eigenvalue weighted by Crippen LogP contribution is -2.53. The van der Waals surface area contributed by atoms with Crippen molar-refractivity contribution in [2.75, 3.05) is 24.2 Å². The molecule has 1 aliphatic rings. The number of aryl methyl sites for hydroxylation is 1. The number of benzene rings is 2. The summed E-state index contributed by atoms with van der Waals surface area (Å²) in [7, 11) is -2.25. The van der Waals surface area contributed by atoms with Gasteiger partial charge in [0.25, 0.3) is 0 Å². The second-order valence-corrected chi connectivity index (χ2v) is 11.3. The number of carbonyl (C=O) groups excluding carboxylic acids is 2. The normalized spacial score (nSPS) is 14.8. The van der Waals surface area contributed by atoms with Gasteiger partial charge in [0, 0.05) is 12.6 Å². The molecule has 2 aromatic rings. The smallest absolute Gasteiger partial charge is 0.244 e. The first-order valence-corrected chi connectivity index (χ1v) is 14.2. The van der Waals surface area contributed by atoms with Crippen LogP contribution < -0.4 is 14.4 Å². The van der Waals surface area contributed by atoms with E-state index in [1.165, 1.54) is 12.0 Å². The molecule has 9 heteroatoms. The minimum atomic E-state index is -3.77. The lowest BCUT2D eigenvalue weighted by molar-refractivity contribution is -0.140. The zero-order valence-corrected chi connectivity index (χ0v) is 22.4. The second kappa shape index (κ2) is 12.3. The molecule has 0 aromatic heterocycles. The average Bonchev–Trinajstić information content (AvgIpc) is 3.36. The van der Waals surface area contributed by atoms with Crippen LogP contribution in [0.2, 0.25) is 0 Å². The van der Waals surface area contributed by atoms with E-state index < -0.39 is 28.5 Å². The van der Waals surface area contributed by atoms with E-state index >= 15 is 0 Å². The van der Waals surface area contributed by atoms with E-state index in [9.17, 15) is 18.0 Å². The Morgan fingerprint density at radius 2 is 1.67 bits per heavy atom. The van der Waals surface area contributed by atoms with E-state index in [4.69, 9.17) is 4.74 Å². The fourth-order valence-corrected chi connectivity index (χ4v) is 5.39. The van der Waals surface area contributed by atoms with Gasteiger partial charge in [-0.2, -0.15) is 0 Å². The molecule has 2 amide bonds. The van der Waals surface area contributed by atoms with Crippen molar-refractivity contribution in [3.05, 3.63) is 59.7 Å². The molecule has 0 bridgehead atoms. The number of carbonyl (C=O) groups is 2. The van der Waals surface area contributed by atoms with E-state index in [0.717, 1.165) is 47.4 Å². The largest absolute Gasteiger partial charge is 0.497 e. The number of amides is 2. The number of ether oxygens (including phenoxy) is 1. The van der Waals surface area contributed by atoms with Gasteiger partial charge < -0.3 is 15.0 Å². The van der Waals surface area contributed by atoms with Crippen LogP contribution >= 0.6 is 0 Å². The van der Waals surface area contributed by atoms with Crippen LogP contribution in [0.1, 0.15) is 50.2 Å². The van der Waals surface area contributed by atoms with Gasteiger partial charge in [0.15, 0.2) is 0 Å². The Hall–Kier alpha value is -3.07. The molecule has 36 heavy (non-hydrogen) atoms. The molecule has 0 heterocycles. The van der Waals surface area contributed by atoms with Gasteiger partial charge in [-0.3, -0.25) is 13.9 Å². The van der Waals surface area contributed by atoms with Gasteiger partial charge in [-0.25, -0.2) is 8.42 Å². The van der Waals surface area contributed by atoms with Crippen LogP contribution in [0.3, 0.4) is 0 Å². The molecule has 196 valence electrons. The van der Waals surface area contributed by atoms with Gasteiger partial charge in [0.05, 0.1) is 19.1 Å². The first-order chi connectivity index (χ1) is 17.1. The van der Waals surface area contributed by atoms with Crippen molar-refractivity contribution in [3.8, 4) is 5.75 Å². The first-order valence-electron chi connectivity index (χ1n) is 12.4. The van der Waals surface area contributed by atoms with Gasteiger partial charge in [-0.15, -0.1) is 0 Å². The standard InChI is InChI=1S/C27H37N3O5S/c1-5-25(27(32)28-22-8-6-7-9-22)29(18-21-12-10-20(2)11-13-21)26(31)19-30(36(4,33)34)23-14-16-24(35-3)17-15-23/h10-17,22,25H,5-9,18-19H2,1-4H3,(H,28,32). The van der Waals surface area contributed by atoms with Crippen LogP contribution in [0.15, 0.2) is 48.5 Å². The molecular formula is C27H37N3O5S. The molecule has 1 aliphatic carbocycles. The quantitative estimate of drug-likeness (QED) is 0.493. The Labute approximate surface area is 214 Å². The van der Waals surface area contributed by atoms with Crippen LogP contribution in [-0.2, 0) is 26.2 Å². The highest BCUT2D eigenvalue weighted by Crippen LogP contribution is 2.23. The molecule has 2 aromatic carbocycles. The van der Waals surface area contributed by atoms with Crippen molar-refractivity contribution in [2.45, 2.75) is 64.6 Å². The number of nitrogens with one attached hydrogen (secondary N) is 1. The lowest BCUT2D eigenvalue weighted by Gasteiger charge is -2.33. The third-order valence-electron chi connectivity index (χ3n) is 6.60. The minimum Gasteiger partial charge on any atom is -0.497 e. The molecule has 0 aliphatic heterocycles. The van der Waals surface area contributed by atoms with Crippen molar-refractivity contribution in [2.24, 2.45) is 0 Å². The van der Waals surface area contributed by atoms with Gasteiger partial charge in [0.1, 0.15) is 18.3 Å². The Bertz CT molecular complexity index is 1130. The van der Waals surface area contributed by atoms with Crippen molar-refractivity contribution < 1.29 is 22.7 Å². The van der Waals surface area contributed by atoms with E-state index in [1.807, 2.05) is 38.1 Å². The van der Waals surface area contributed by atoms with Crippen LogP contribution in [0.5, 0.6) is 5.75 Å². The topological polar surface area (TPSA) is 96.0 Å². The van der Waals surface area contributed by atoms with Gasteiger partial charge >= 0.3 is 0 Å². The Morgan fingerprint density at radius 3 is 2.19 bits per heavy atom. The van der Waals surface area contributed by atoms with Gasteiger partial charge in [-0.1, -0.05) is 49.6 Å². The van der Waals surface area contributed by atoms with E-state index in [2.05, 4.69) is 5.32 Å². The predicted octanol–water partition coefficient (Wildman–Crippen LogP) is 3.64. The van der Waals surface area contributed by atoms with Crippen molar-refractivity contribution in [1.29, 1.82) is 0 Å². The number of hydrogen-bond donors (Lipinski definition) is 1. The molecule has 1 atom stereocenters. The summed E-state index contributed by atoms with van der Waals surface area (Å²) in [5.74, 6) is -0.0559. The maximum absolute atomic E-state index is 13.7. The average molecular weight is 516 g/mol. The summed E-state index contributed by atoms with van der Waals surface area (Å²) < 4.78 is 31.6. The van der Waals surface area contributed by atoms with Gasteiger partial charge in [0.2, 0.25) is 21.8 Å². The van der Waals surface area contributed by atoms with E-state index in [1.54, 1.807) is 24.3 Å². The zero-order valence-electron chi connectivity index (χ0n) is 21.6. The Kier molecular flexibility index (Phi) is 9.37. The molecule has 1 N–H and O–H groups in total. The maximum Gasteiger partial charge on any atom is 0.244 e. The number of rotatable bonds is 11. The summed E-state index contributed by atoms with van der Waals surface area (Å²) in [6.45, 7) is 3.64. The van der Waals surface area contributed by atoms with Crippen LogP contribution in [-0.4, -0.2) is 57.1 Å². The fraction of sp³-hybridized carbons (Fsp3) is 0.481. The SMILES string of the molecule is CCC(C(=O)NC1CCCC1)N(Cc1ccc(C)cc1)C(=O)CN(c1ccc(OC)cc1)S(C)(=O)=O. The Balaban J connectivity index is 1.90. The maximum atomic E-state index is 13.7. The number of sulfonamides is 1. The van der Waals surface area contributed by atoms with E-state index in [-0.39, 0.29) is 18.5 Å². The summed E-state index contributed by atoms with van der Waals surface area (Å²) in [6.07, 6.45) is 5.52. The number of nitrogens with zero attached hydrogens (tertiary/aromatic N) is 2. The van der Waals surface area contributed by atoms with Crippen LogP contribution in [0.4, 0.5) is 5.69 Å². The third kappa shape index (κ3) is 7.22. The summed E-state index contributed by atoms with van der Waals surface area (Å²) in [5.41, 5.74) is 2.31. The summed E-state index contributed by atoms with van der Waals surface area (Å²) in [5, 5.41) is 3.11. The highest BCUT2D eigenvalue weighted by Gasteiger charge is 2.33. The fourth-order valence-electron chi connectivity index (χ4n) is 4.54. The summed E-state index contributed by atoms with van der Waals surface area (Å²) >= 11 is 0. The van der Waals surface area contributed by atoms with Crippen molar-refractivity contribution >= 4 is 27.5 Å². The molecule has 1 saturated carbocycles. The van der Waals surface area contributed by atoms with Crippen molar-refractivity contribution in [1.82, 2.24) is 10.2 Å². The zero-order chi connectivity index (χ0) is 26.3. The predicted molar refractivity (Wildman–Crippen MR) is 141 cm³/mol. The number of methoxy groups -OCH3 is 1. The molecule has 0 radical (unpaired) electrons. The summed E-state index contributed by atoms with van der Waals surface area (Å²) in [6, 6.07) is 13.7. The molecule has 0 saturated heterocycles. The first kappa shape index (κ1) is 27.5. The third-order valence-corrected chi connectivity index (χ3v) is 7.74. The molecule has 1 unspecified atom stereocenters. The monoisotopic (exact) mass is 515 g/mol. The molecule has 3 rings (SSSR count). The van der Waals surface area contributed by atoms with Crippen LogP contribution in [0.25, 0.3) is 0 Å². The molecule has 0 spiro atoms. The highest BCUT2D eigenvalue weighted by molar-refractivity contribution is 7.92. The highest BCUT2D eigenvalue weighted by atomic mass is 32.2. The van der Waals surface area contributed by atoms with Crippen molar-refractivity contribution in [3.63, 3.8) is 0 Å². The van der Waals surface area contributed by atoms with Crippen LogP contribution in [0, 0.1) is 6.92 Å². The van der Waals surface area contributed by atoms with E-state index in [0.29, 0.717) is 17.9 Å². The lowest BCUT2D eigenvalue weighted by atomic mass is 10.1. The molecule has 8 nitrogen and oxygen atoms in total. The minimum absolute atomic E-state index is 0.120.